The van der Waals surface area contributed by atoms with Crippen LogP contribution in [-0.4, -0.2) is 43.2 Å². The minimum absolute atomic E-state index is 0.0130. The summed E-state index contributed by atoms with van der Waals surface area (Å²) < 4.78 is 32.5. The molecular weight excluding hydrogens is 422 g/mol. The molecule has 1 saturated heterocycles. The predicted octanol–water partition coefficient (Wildman–Crippen LogP) is 3.49. The number of nitro groups is 1. The van der Waals surface area contributed by atoms with Gasteiger partial charge in [0.25, 0.3) is 5.91 Å². The minimum atomic E-state index is -3.56. The number of carbonyl (C=O) groups is 1. The van der Waals surface area contributed by atoms with Gasteiger partial charge in [-0.2, -0.15) is 4.31 Å². The molecule has 1 aliphatic heterocycles. The smallest absolute Gasteiger partial charge is 0.310 e. The van der Waals surface area contributed by atoms with Gasteiger partial charge in [-0.05, 0) is 55.7 Å². The monoisotopic (exact) mass is 447 g/mol. The summed E-state index contributed by atoms with van der Waals surface area (Å²) in [5.74, 6) is -0.502. The van der Waals surface area contributed by atoms with Gasteiger partial charge in [-0.3, -0.25) is 14.9 Å². The fourth-order valence-corrected chi connectivity index (χ4v) is 4.89. The van der Waals surface area contributed by atoms with Crippen molar-refractivity contribution >= 4 is 27.3 Å². The topological polar surface area (TPSA) is 119 Å². The molecular formula is C21H25N3O6S. The van der Waals surface area contributed by atoms with E-state index in [0.717, 1.165) is 31.2 Å². The third-order valence-electron chi connectivity index (χ3n) is 5.01. The van der Waals surface area contributed by atoms with E-state index in [0.29, 0.717) is 18.8 Å². The molecule has 1 fully saturated rings. The fraction of sp³-hybridized carbons (Fsp3) is 0.381. The van der Waals surface area contributed by atoms with E-state index in [9.17, 15) is 23.3 Å². The van der Waals surface area contributed by atoms with Crippen molar-refractivity contribution in [3.05, 3.63) is 58.1 Å². The molecule has 2 aromatic carbocycles. The Morgan fingerprint density at radius 2 is 1.74 bits per heavy atom. The van der Waals surface area contributed by atoms with Crippen LogP contribution in [0.5, 0.6) is 5.75 Å². The molecule has 1 aliphatic rings. The fourth-order valence-electron chi connectivity index (χ4n) is 3.37. The summed E-state index contributed by atoms with van der Waals surface area (Å²) in [6, 6.07) is 10.4. The molecule has 0 aromatic heterocycles. The van der Waals surface area contributed by atoms with E-state index in [1.807, 2.05) is 0 Å². The van der Waals surface area contributed by atoms with Gasteiger partial charge in [0.2, 0.25) is 10.0 Å². The second-order valence-corrected chi connectivity index (χ2v) is 9.35. The lowest BCUT2D eigenvalue weighted by Crippen LogP contribution is -2.31. The zero-order valence-electron chi connectivity index (χ0n) is 17.2. The Hall–Kier alpha value is -2.98. The van der Waals surface area contributed by atoms with E-state index in [1.54, 1.807) is 13.0 Å². The number of sulfonamides is 1. The third-order valence-corrected chi connectivity index (χ3v) is 6.92. The zero-order chi connectivity index (χ0) is 22.4. The third kappa shape index (κ3) is 5.80. The molecule has 0 spiro atoms. The van der Waals surface area contributed by atoms with Crippen LogP contribution in [0.15, 0.2) is 47.4 Å². The quantitative estimate of drug-likeness (QED) is 0.513. The van der Waals surface area contributed by atoms with Gasteiger partial charge in [0.15, 0.2) is 12.4 Å². The number of benzene rings is 2. The van der Waals surface area contributed by atoms with E-state index in [1.165, 1.54) is 40.7 Å². The molecule has 31 heavy (non-hydrogen) atoms. The molecule has 1 amide bonds. The van der Waals surface area contributed by atoms with Gasteiger partial charge >= 0.3 is 5.69 Å². The van der Waals surface area contributed by atoms with Gasteiger partial charge in [0, 0.05) is 24.8 Å². The summed E-state index contributed by atoms with van der Waals surface area (Å²) >= 11 is 0. The molecule has 9 nitrogen and oxygen atoms in total. The number of hydrogen-bond acceptors (Lipinski definition) is 6. The predicted molar refractivity (Wildman–Crippen MR) is 116 cm³/mol. The van der Waals surface area contributed by atoms with Crippen molar-refractivity contribution < 1.29 is 22.9 Å². The molecule has 10 heteroatoms. The minimum Gasteiger partial charge on any atom is -0.477 e. The molecule has 0 aliphatic carbocycles. The van der Waals surface area contributed by atoms with Gasteiger partial charge in [0.1, 0.15) is 0 Å². The first-order chi connectivity index (χ1) is 14.8. The Morgan fingerprint density at radius 3 is 2.35 bits per heavy atom. The Morgan fingerprint density at radius 1 is 1.10 bits per heavy atom. The summed E-state index contributed by atoms with van der Waals surface area (Å²) in [6.45, 7) is 2.38. The average molecular weight is 448 g/mol. The van der Waals surface area contributed by atoms with Crippen molar-refractivity contribution in [2.45, 2.75) is 37.5 Å². The molecule has 0 saturated carbocycles. The number of hydrogen-bond donors (Lipinski definition) is 1. The Balaban J connectivity index is 1.62. The lowest BCUT2D eigenvalue weighted by molar-refractivity contribution is -0.385. The lowest BCUT2D eigenvalue weighted by Gasteiger charge is -2.20. The van der Waals surface area contributed by atoms with E-state index >= 15 is 0 Å². The second-order valence-electron chi connectivity index (χ2n) is 7.41. The van der Waals surface area contributed by atoms with Crippen LogP contribution in [0.2, 0.25) is 0 Å². The zero-order valence-corrected chi connectivity index (χ0v) is 18.1. The number of nitrogens with one attached hydrogen (secondary N) is 1. The van der Waals surface area contributed by atoms with Crippen molar-refractivity contribution in [3.8, 4) is 5.75 Å². The summed E-state index contributed by atoms with van der Waals surface area (Å²) in [7, 11) is -3.56. The average Bonchev–Trinajstić information content (AvgIpc) is 3.03. The summed E-state index contributed by atoms with van der Waals surface area (Å²) in [6.07, 6.45) is 3.77. The Labute approximate surface area is 181 Å². The van der Waals surface area contributed by atoms with Crippen LogP contribution in [0.3, 0.4) is 0 Å². The second kappa shape index (κ2) is 9.88. The van der Waals surface area contributed by atoms with Gasteiger partial charge in [-0.15, -0.1) is 0 Å². The molecule has 0 radical (unpaired) electrons. The maximum Gasteiger partial charge on any atom is 0.310 e. The Bertz CT molecular complexity index is 1050. The van der Waals surface area contributed by atoms with Gasteiger partial charge < -0.3 is 10.1 Å². The molecule has 0 bridgehead atoms. The number of ether oxygens (including phenoxy) is 1. The highest BCUT2D eigenvalue weighted by atomic mass is 32.2. The van der Waals surface area contributed by atoms with E-state index in [2.05, 4.69) is 5.32 Å². The van der Waals surface area contributed by atoms with Crippen molar-refractivity contribution in [2.24, 2.45) is 0 Å². The first-order valence-corrected chi connectivity index (χ1v) is 11.5. The number of rotatable bonds is 7. The SMILES string of the molecule is Cc1ccc([N+](=O)[O-])c(OCC(=O)Nc2ccc(S(=O)(=O)N3CCCCCC3)cc2)c1. The van der Waals surface area contributed by atoms with E-state index in [4.69, 9.17) is 4.74 Å². The molecule has 0 atom stereocenters. The van der Waals surface area contributed by atoms with Crippen LogP contribution in [0.4, 0.5) is 11.4 Å². The highest BCUT2D eigenvalue weighted by molar-refractivity contribution is 7.89. The van der Waals surface area contributed by atoms with Gasteiger partial charge in [-0.1, -0.05) is 18.9 Å². The van der Waals surface area contributed by atoms with Gasteiger partial charge in [-0.25, -0.2) is 8.42 Å². The van der Waals surface area contributed by atoms with E-state index < -0.39 is 27.5 Å². The number of amides is 1. The number of nitro benzene ring substituents is 1. The first kappa shape index (κ1) is 22.7. The largest absolute Gasteiger partial charge is 0.477 e. The lowest BCUT2D eigenvalue weighted by atomic mass is 10.2. The maximum atomic E-state index is 12.8. The van der Waals surface area contributed by atoms with Gasteiger partial charge in [0.05, 0.1) is 9.82 Å². The summed E-state index contributed by atoms with van der Waals surface area (Å²) in [4.78, 5) is 22.9. The van der Waals surface area contributed by atoms with Crippen LogP contribution >= 0.6 is 0 Å². The number of nitrogens with zero attached hydrogens (tertiary/aromatic N) is 2. The highest BCUT2D eigenvalue weighted by Gasteiger charge is 2.25. The number of carbonyl (C=O) groups excluding carboxylic acids is 1. The maximum absolute atomic E-state index is 12.8. The summed E-state index contributed by atoms with van der Waals surface area (Å²) in [5, 5.41) is 13.7. The molecule has 2 aromatic rings. The molecule has 166 valence electrons. The molecule has 0 unspecified atom stereocenters. The van der Waals surface area contributed by atoms with Crippen LogP contribution in [0.1, 0.15) is 31.2 Å². The Kier molecular flexibility index (Phi) is 7.24. The van der Waals surface area contributed by atoms with Crippen molar-refractivity contribution in [3.63, 3.8) is 0 Å². The highest BCUT2D eigenvalue weighted by Crippen LogP contribution is 2.28. The van der Waals surface area contributed by atoms with Crippen molar-refractivity contribution in [1.29, 1.82) is 0 Å². The first-order valence-electron chi connectivity index (χ1n) is 10.1. The van der Waals surface area contributed by atoms with E-state index in [-0.39, 0.29) is 16.3 Å². The number of anilines is 1. The van der Waals surface area contributed by atoms with Crippen molar-refractivity contribution in [2.75, 3.05) is 25.0 Å². The number of aryl methyl sites for hydroxylation is 1. The summed E-state index contributed by atoms with van der Waals surface area (Å²) in [5.41, 5.74) is 0.950. The van der Waals surface area contributed by atoms with Crippen LogP contribution in [0.25, 0.3) is 0 Å². The van der Waals surface area contributed by atoms with Crippen LogP contribution in [0, 0.1) is 17.0 Å². The normalized spacial score (nSPS) is 15.1. The molecule has 1 N–H and O–H groups in total. The van der Waals surface area contributed by atoms with Crippen LogP contribution < -0.4 is 10.1 Å². The van der Waals surface area contributed by atoms with Crippen molar-refractivity contribution in [1.82, 2.24) is 4.31 Å². The van der Waals surface area contributed by atoms with Crippen LogP contribution in [-0.2, 0) is 14.8 Å². The molecule has 1 heterocycles. The molecule has 3 rings (SSSR count). The standard InChI is InChI=1S/C21H25N3O6S/c1-16-6-11-19(24(26)27)20(14-16)30-15-21(25)22-17-7-9-18(10-8-17)31(28,29)23-12-4-2-3-5-13-23/h6-11,14H,2-5,12-13,15H2,1H3,(H,22,25).